The van der Waals surface area contributed by atoms with Gasteiger partial charge in [0.2, 0.25) is 11.0 Å². The molecule has 0 aliphatic carbocycles. The Bertz CT molecular complexity index is 1010. The van der Waals surface area contributed by atoms with Crippen LogP contribution in [0, 0.1) is 0 Å². The van der Waals surface area contributed by atoms with Gasteiger partial charge in [0.05, 0.1) is 16.5 Å². The first-order valence-corrected chi connectivity index (χ1v) is 11.0. The molecule has 0 saturated carbocycles. The van der Waals surface area contributed by atoms with Crippen molar-refractivity contribution in [3.63, 3.8) is 0 Å². The minimum absolute atomic E-state index is 0.0488. The highest BCUT2D eigenvalue weighted by Crippen LogP contribution is 2.33. The topological polar surface area (TPSA) is 62.5 Å². The third-order valence-electron chi connectivity index (χ3n) is 5.71. The number of carbonyl (C=O) groups excluding carboxylic acids is 1. The van der Waals surface area contributed by atoms with Gasteiger partial charge in [0.25, 0.3) is 0 Å². The predicted octanol–water partition coefficient (Wildman–Crippen LogP) is 3.15. The number of aryl methyl sites for hydroxylation is 1. The fraction of sp³-hybridized carbons (Fsp3) is 0.440. The fourth-order valence-corrected chi connectivity index (χ4v) is 3.94. The Labute approximate surface area is 185 Å². The van der Waals surface area contributed by atoms with Crippen molar-refractivity contribution in [3.8, 4) is 0 Å². The molecular weight excluding hydrogens is 388 g/mol. The van der Waals surface area contributed by atoms with Crippen LogP contribution in [0.3, 0.4) is 0 Å². The van der Waals surface area contributed by atoms with E-state index in [-0.39, 0.29) is 6.42 Å². The number of unbranched alkanes of at least 4 members (excludes halogenated alkanes) is 1. The molecule has 0 amide bonds. The summed E-state index contributed by atoms with van der Waals surface area (Å²) in [6.07, 6.45) is 2.81. The van der Waals surface area contributed by atoms with Crippen molar-refractivity contribution in [2.45, 2.75) is 39.2 Å². The molecule has 0 saturated heterocycles. The van der Waals surface area contributed by atoms with Crippen LogP contribution in [0.15, 0.2) is 36.4 Å². The number of pyridine rings is 1. The van der Waals surface area contributed by atoms with Crippen LogP contribution < -0.4 is 24.8 Å². The van der Waals surface area contributed by atoms with Crippen LogP contribution in [0.25, 0.3) is 21.8 Å². The van der Waals surface area contributed by atoms with Crippen LogP contribution in [0.2, 0.25) is 0 Å². The molecule has 0 radical (unpaired) electrons. The van der Waals surface area contributed by atoms with E-state index in [1.54, 1.807) is 0 Å². The molecule has 0 spiro atoms. The Morgan fingerprint density at radius 2 is 1.48 bits per heavy atom. The summed E-state index contributed by atoms with van der Waals surface area (Å²) in [5.74, 6) is -1.00. The molecular formula is C25H34N4O2. The number of nitrogens with one attached hydrogen (secondary N) is 1. The molecule has 0 fully saturated rings. The molecule has 0 aliphatic heterocycles. The summed E-state index contributed by atoms with van der Waals surface area (Å²) >= 11 is 0. The van der Waals surface area contributed by atoms with Crippen LogP contribution in [-0.2, 0) is 11.3 Å². The van der Waals surface area contributed by atoms with Crippen molar-refractivity contribution >= 4 is 44.8 Å². The maximum atomic E-state index is 11.1. The largest absolute Gasteiger partial charge is 0.550 e. The summed E-state index contributed by atoms with van der Waals surface area (Å²) in [5.41, 5.74) is 5.58. The quantitative estimate of drug-likeness (QED) is 0.309. The zero-order chi connectivity index (χ0) is 22.5. The molecule has 0 bridgehead atoms. The summed E-state index contributed by atoms with van der Waals surface area (Å²) in [4.78, 5) is 15.2. The van der Waals surface area contributed by atoms with Gasteiger partial charge in [-0.15, -0.1) is 0 Å². The maximum Gasteiger partial charge on any atom is 0.217 e. The number of anilines is 3. The number of benzene rings is 2. The second kappa shape index (κ2) is 9.86. The summed E-state index contributed by atoms with van der Waals surface area (Å²) in [6.45, 7) is 3.73. The van der Waals surface area contributed by atoms with Gasteiger partial charge < -0.3 is 25.0 Å². The Morgan fingerprint density at radius 3 is 1.94 bits per heavy atom. The first-order valence-electron chi connectivity index (χ1n) is 11.0. The van der Waals surface area contributed by atoms with Gasteiger partial charge in [-0.05, 0) is 37.1 Å². The molecule has 0 aliphatic rings. The highest BCUT2D eigenvalue weighted by atomic mass is 16.4. The van der Waals surface area contributed by atoms with Crippen LogP contribution in [-0.4, -0.2) is 40.7 Å². The van der Waals surface area contributed by atoms with Crippen molar-refractivity contribution in [3.05, 3.63) is 36.4 Å². The molecule has 0 unspecified atom stereocenters. The zero-order valence-corrected chi connectivity index (χ0v) is 19.4. The van der Waals surface area contributed by atoms with E-state index in [4.69, 9.17) is 0 Å². The number of hydrogen-bond donors (Lipinski definition) is 1. The first kappa shape index (κ1) is 22.7. The average molecular weight is 423 g/mol. The third-order valence-corrected chi connectivity index (χ3v) is 5.71. The summed E-state index contributed by atoms with van der Waals surface area (Å²) in [7, 11) is 8.14. The Morgan fingerprint density at radius 1 is 0.935 bits per heavy atom. The molecule has 0 atom stereocenters. The Hall–Kier alpha value is -3.02. The van der Waals surface area contributed by atoms with E-state index in [2.05, 4.69) is 63.0 Å². The summed E-state index contributed by atoms with van der Waals surface area (Å²) in [5, 5.41) is 17.1. The van der Waals surface area contributed by atoms with Crippen molar-refractivity contribution in [2.24, 2.45) is 0 Å². The van der Waals surface area contributed by atoms with Crippen molar-refractivity contribution < 1.29 is 14.5 Å². The van der Waals surface area contributed by atoms with E-state index >= 15 is 0 Å². The molecule has 3 aromatic rings. The molecule has 1 aromatic heterocycles. The molecule has 2 aromatic carbocycles. The lowest BCUT2D eigenvalue weighted by molar-refractivity contribution is -0.645. The minimum atomic E-state index is -1.00. The lowest BCUT2D eigenvalue weighted by Crippen LogP contribution is -2.37. The van der Waals surface area contributed by atoms with Gasteiger partial charge in [-0.1, -0.05) is 13.3 Å². The molecule has 6 heteroatoms. The van der Waals surface area contributed by atoms with E-state index in [0.717, 1.165) is 58.3 Å². The number of fused-ring (bicyclic) bond motifs is 2. The maximum absolute atomic E-state index is 11.1. The predicted molar refractivity (Wildman–Crippen MR) is 128 cm³/mol. The van der Waals surface area contributed by atoms with E-state index < -0.39 is 5.97 Å². The van der Waals surface area contributed by atoms with Crippen LogP contribution in [0.1, 0.15) is 32.6 Å². The minimum Gasteiger partial charge on any atom is -0.550 e. The van der Waals surface area contributed by atoms with Gasteiger partial charge in [-0.3, -0.25) is 0 Å². The first-order chi connectivity index (χ1) is 14.8. The van der Waals surface area contributed by atoms with Gasteiger partial charge in [0.15, 0.2) is 0 Å². The fourth-order valence-electron chi connectivity index (χ4n) is 3.94. The van der Waals surface area contributed by atoms with Crippen molar-refractivity contribution in [1.82, 2.24) is 0 Å². The normalized spacial score (nSPS) is 11.1. The summed E-state index contributed by atoms with van der Waals surface area (Å²) in [6, 6.07) is 13.0. The lowest BCUT2D eigenvalue weighted by atomic mass is 10.0. The molecule has 1 N–H and O–H groups in total. The highest BCUT2D eigenvalue weighted by Gasteiger charge is 2.22. The summed E-state index contributed by atoms with van der Waals surface area (Å²) < 4.78 is 2.26. The van der Waals surface area contributed by atoms with Gasteiger partial charge >= 0.3 is 0 Å². The van der Waals surface area contributed by atoms with Gasteiger partial charge in [0, 0.05) is 70.6 Å². The van der Waals surface area contributed by atoms with Crippen LogP contribution in [0.4, 0.5) is 17.1 Å². The van der Waals surface area contributed by atoms with Gasteiger partial charge in [0.1, 0.15) is 6.54 Å². The Kier molecular flexibility index (Phi) is 7.21. The van der Waals surface area contributed by atoms with Crippen LogP contribution >= 0.6 is 0 Å². The van der Waals surface area contributed by atoms with E-state index in [9.17, 15) is 9.90 Å². The molecule has 1 heterocycles. The number of rotatable bonds is 10. The average Bonchev–Trinajstić information content (AvgIpc) is 2.73. The number of hydrogen-bond acceptors (Lipinski definition) is 5. The lowest BCUT2D eigenvalue weighted by Gasteiger charge is -2.18. The monoisotopic (exact) mass is 422 g/mol. The molecule has 31 heavy (non-hydrogen) atoms. The molecule has 3 rings (SSSR count). The number of carboxylic acid groups (broad SMARTS) is 1. The SMILES string of the molecule is CCCCNc1c2ccc(N(C)C)cc2[n+](CCCC(=O)[O-])c2cc(N(C)C)ccc12. The second-order valence-corrected chi connectivity index (χ2v) is 8.47. The zero-order valence-electron chi connectivity index (χ0n) is 19.4. The van der Waals surface area contributed by atoms with Gasteiger partial charge in [-0.25, -0.2) is 0 Å². The van der Waals surface area contributed by atoms with Crippen LogP contribution in [0.5, 0.6) is 0 Å². The van der Waals surface area contributed by atoms with Crippen molar-refractivity contribution in [2.75, 3.05) is 49.9 Å². The number of carbonyl (C=O) groups is 1. The number of nitrogens with zero attached hydrogens (tertiary/aromatic N) is 3. The standard InChI is InChI=1S/C25H34N4O2/c1-6-7-14-26-25-20-12-10-18(27(2)3)16-22(20)29(15-8-9-24(30)31)23-17-19(28(4)5)11-13-21(23)25/h10-13,16-17H,6-9,14-15H2,1-5H3,(H,30,31). The Balaban J connectivity index is 2.30. The smallest absolute Gasteiger partial charge is 0.217 e. The molecule has 6 nitrogen and oxygen atoms in total. The third kappa shape index (κ3) is 5.01. The van der Waals surface area contributed by atoms with Crippen molar-refractivity contribution in [1.29, 1.82) is 0 Å². The number of aliphatic carboxylic acids is 1. The van der Waals surface area contributed by atoms with E-state index in [1.165, 1.54) is 0 Å². The number of aromatic nitrogens is 1. The highest BCUT2D eigenvalue weighted by molar-refractivity contribution is 6.06. The molecule has 166 valence electrons. The second-order valence-electron chi connectivity index (χ2n) is 8.47. The van der Waals surface area contributed by atoms with E-state index in [0.29, 0.717) is 13.0 Å². The van der Waals surface area contributed by atoms with Gasteiger partial charge in [-0.2, -0.15) is 4.57 Å². The number of carboxylic acids is 1. The van der Waals surface area contributed by atoms with E-state index in [1.807, 2.05) is 28.2 Å².